The second kappa shape index (κ2) is 8.52. The molecule has 6 heteroatoms. The number of halogens is 1. The van der Waals surface area contributed by atoms with Crippen LogP contribution in [0, 0.1) is 13.8 Å². The lowest BCUT2D eigenvalue weighted by Crippen LogP contribution is -2.32. The van der Waals surface area contributed by atoms with Crippen LogP contribution in [0.15, 0.2) is 72.4 Å². The molecule has 32 heavy (non-hydrogen) atoms. The van der Waals surface area contributed by atoms with Crippen molar-refractivity contribution in [3.05, 3.63) is 94.1 Å². The maximum atomic E-state index is 13.6. The molecule has 1 heterocycles. The van der Waals surface area contributed by atoms with Gasteiger partial charge < -0.3 is 10.2 Å². The van der Waals surface area contributed by atoms with Crippen molar-refractivity contribution in [1.82, 2.24) is 0 Å². The smallest absolute Gasteiger partial charge is 0.282 e. The van der Waals surface area contributed by atoms with E-state index < -0.39 is 5.91 Å². The number of benzene rings is 3. The molecule has 0 radical (unpaired) electrons. The maximum absolute atomic E-state index is 13.6. The van der Waals surface area contributed by atoms with Gasteiger partial charge in [0.05, 0.1) is 11.3 Å². The number of imide groups is 1. The number of nitrogens with one attached hydrogen (secondary N) is 1. The number of rotatable bonds is 5. The summed E-state index contributed by atoms with van der Waals surface area (Å²) in [5.41, 5.74) is 5.31. The summed E-state index contributed by atoms with van der Waals surface area (Å²) in [4.78, 5) is 30.3. The van der Waals surface area contributed by atoms with Gasteiger partial charge in [-0.25, -0.2) is 4.90 Å². The van der Waals surface area contributed by atoms with Gasteiger partial charge in [-0.15, -0.1) is 0 Å². The highest BCUT2D eigenvalue weighted by Gasteiger charge is 2.40. The lowest BCUT2D eigenvalue weighted by molar-refractivity contribution is -0.120. The third-order valence-corrected chi connectivity index (χ3v) is 5.88. The Balaban J connectivity index is 1.82. The first-order valence-electron chi connectivity index (χ1n) is 10.3. The van der Waals surface area contributed by atoms with Gasteiger partial charge in [0, 0.05) is 30.5 Å². The zero-order valence-corrected chi connectivity index (χ0v) is 19.2. The van der Waals surface area contributed by atoms with E-state index in [1.165, 1.54) is 4.90 Å². The van der Waals surface area contributed by atoms with Gasteiger partial charge in [0.25, 0.3) is 11.8 Å². The van der Waals surface area contributed by atoms with Crippen molar-refractivity contribution in [1.29, 1.82) is 0 Å². The van der Waals surface area contributed by atoms with Crippen molar-refractivity contribution in [2.75, 3.05) is 29.2 Å². The number of carbonyl (C=O) groups is 2. The largest absolute Gasteiger partial charge is 0.378 e. The topological polar surface area (TPSA) is 52.7 Å². The maximum Gasteiger partial charge on any atom is 0.282 e. The summed E-state index contributed by atoms with van der Waals surface area (Å²) < 4.78 is 0. The van der Waals surface area contributed by atoms with Crippen LogP contribution in [0.1, 0.15) is 16.7 Å². The molecule has 1 N–H and O–H groups in total. The second-order valence-corrected chi connectivity index (χ2v) is 8.47. The van der Waals surface area contributed by atoms with Gasteiger partial charge in [-0.05, 0) is 55.3 Å². The third kappa shape index (κ3) is 3.99. The van der Waals surface area contributed by atoms with Crippen molar-refractivity contribution in [3.8, 4) is 0 Å². The fraction of sp³-hybridized carbons (Fsp3) is 0.154. The summed E-state index contributed by atoms with van der Waals surface area (Å²) in [6, 6.07) is 20.4. The molecule has 0 aromatic heterocycles. The Labute approximate surface area is 192 Å². The Morgan fingerprint density at radius 1 is 0.875 bits per heavy atom. The summed E-state index contributed by atoms with van der Waals surface area (Å²) in [6.45, 7) is 3.89. The predicted octanol–water partition coefficient (Wildman–Crippen LogP) is 5.42. The van der Waals surface area contributed by atoms with Gasteiger partial charge in [-0.2, -0.15) is 0 Å². The van der Waals surface area contributed by atoms with Crippen LogP contribution in [0.5, 0.6) is 0 Å². The molecule has 0 saturated carbocycles. The molecular weight excluding hydrogens is 422 g/mol. The Kier molecular flexibility index (Phi) is 5.76. The first-order valence-corrected chi connectivity index (χ1v) is 10.6. The van der Waals surface area contributed by atoms with E-state index in [0.717, 1.165) is 16.8 Å². The minimum atomic E-state index is -0.404. The molecule has 162 valence electrons. The molecular formula is C26H24ClN3O2. The highest BCUT2D eigenvalue weighted by molar-refractivity contribution is 6.46. The van der Waals surface area contributed by atoms with Gasteiger partial charge in [-0.1, -0.05) is 53.6 Å². The van der Waals surface area contributed by atoms with Crippen molar-refractivity contribution in [3.63, 3.8) is 0 Å². The minimum absolute atomic E-state index is 0.231. The summed E-state index contributed by atoms with van der Waals surface area (Å²) in [5, 5.41) is 3.75. The Bertz CT molecular complexity index is 1250. The van der Waals surface area contributed by atoms with Gasteiger partial charge in [0.15, 0.2) is 0 Å². The number of hydrogen-bond acceptors (Lipinski definition) is 4. The monoisotopic (exact) mass is 445 g/mol. The van der Waals surface area contributed by atoms with Crippen molar-refractivity contribution in [2.24, 2.45) is 0 Å². The lowest BCUT2D eigenvalue weighted by atomic mass is 10.0. The second-order valence-electron chi connectivity index (χ2n) is 8.06. The number of hydrogen-bond donors (Lipinski definition) is 1. The first-order chi connectivity index (χ1) is 15.3. The molecule has 0 spiro atoms. The van der Waals surface area contributed by atoms with Gasteiger partial charge in [0.2, 0.25) is 0 Å². The van der Waals surface area contributed by atoms with Crippen LogP contribution in [0.25, 0.3) is 5.57 Å². The fourth-order valence-electron chi connectivity index (χ4n) is 3.59. The number of anilines is 3. The number of aryl methyl sites for hydroxylation is 2. The molecule has 1 aliphatic rings. The molecule has 3 aromatic rings. The summed E-state index contributed by atoms with van der Waals surface area (Å²) in [5.74, 6) is -0.770. The highest BCUT2D eigenvalue weighted by atomic mass is 35.5. The zero-order chi connectivity index (χ0) is 23.0. The van der Waals surface area contributed by atoms with E-state index in [-0.39, 0.29) is 11.6 Å². The quantitative estimate of drug-likeness (QED) is 0.533. The van der Waals surface area contributed by atoms with Gasteiger partial charge >= 0.3 is 0 Å². The van der Waals surface area contributed by atoms with Crippen molar-refractivity contribution in [2.45, 2.75) is 13.8 Å². The van der Waals surface area contributed by atoms with Crippen LogP contribution in [0.4, 0.5) is 17.1 Å². The Morgan fingerprint density at radius 3 is 2.25 bits per heavy atom. The molecule has 2 amide bonds. The van der Waals surface area contributed by atoms with E-state index >= 15 is 0 Å². The van der Waals surface area contributed by atoms with E-state index in [9.17, 15) is 9.59 Å². The van der Waals surface area contributed by atoms with Crippen LogP contribution in [-0.2, 0) is 9.59 Å². The van der Waals surface area contributed by atoms with E-state index in [0.29, 0.717) is 27.5 Å². The van der Waals surface area contributed by atoms with E-state index in [4.69, 9.17) is 11.6 Å². The Hall–Kier alpha value is -3.57. The number of carbonyl (C=O) groups excluding carboxylic acids is 2. The molecule has 3 aromatic carbocycles. The summed E-state index contributed by atoms with van der Waals surface area (Å²) in [6.07, 6.45) is 0. The van der Waals surface area contributed by atoms with E-state index in [2.05, 4.69) is 5.32 Å². The SMILES string of the molecule is Cc1ccc(C2=C(Nc3ccc(C)c(Cl)c3)C(=O)N(c3cccc(N(C)C)c3)C2=O)cc1. The van der Waals surface area contributed by atoms with Crippen LogP contribution in [0.3, 0.4) is 0 Å². The average molecular weight is 446 g/mol. The fourth-order valence-corrected chi connectivity index (χ4v) is 3.77. The summed E-state index contributed by atoms with van der Waals surface area (Å²) in [7, 11) is 3.83. The first kappa shape index (κ1) is 21.7. The number of amides is 2. The predicted molar refractivity (Wildman–Crippen MR) is 131 cm³/mol. The molecule has 0 atom stereocenters. The van der Waals surface area contributed by atoms with Gasteiger partial charge in [0.1, 0.15) is 5.70 Å². The Morgan fingerprint density at radius 2 is 1.59 bits per heavy atom. The zero-order valence-electron chi connectivity index (χ0n) is 18.4. The van der Waals surface area contributed by atoms with Crippen LogP contribution >= 0.6 is 11.6 Å². The van der Waals surface area contributed by atoms with Crippen molar-refractivity contribution >= 4 is 46.1 Å². The molecule has 4 rings (SSSR count). The molecule has 0 unspecified atom stereocenters. The molecule has 1 aliphatic heterocycles. The van der Waals surface area contributed by atoms with Crippen LogP contribution < -0.4 is 15.1 Å². The van der Waals surface area contributed by atoms with Crippen LogP contribution in [-0.4, -0.2) is 25.9 Å². The molecule has 0 aliphatic carbocycles. The number of nitrogens with zero attached hydrogens (tertiary/aromatic N) is 2. The van der Waals surface area contributed by atoms with E-state index in [1.807, 2.05) is 87.4 Å². The lowest BCUT2D eigenvalue weighted by Gasteiger charge is -2.19. The molecule has 0 fully saturated rings. The summed E-state index contributed by atoms with van der Waals surface area (Å²) >= 11 is 6.28. The minimum Gasteiger partial charge on any atom is -0.378 e. The standard InChI is InChI=1S/C26H24ClN3O2/c1-16-8-11-18(12-9-16)23-24(28-19-13-10-17(2)22(27)14-19)26(32)30(25(23)31)21-7-5-6-20(15-21)29(3)4/h5-15,28H,1-4H3. The third-order valence-electron chi connectivity index (χ3n) is 5.47. The van der Waals surface area contributed by atoms with Gasteiger partial charge in [-0.3, -0.25) is 9.59 Å². The van der Waals surface area contributed by atoms with E-state index in [1.54, 1.807) is 12.1 Å². The average Bonchev–Trinajstić information content (AvgIpc) is 3.01. The van der Waals surface area contributed by atoms with Crippen LogP contribution in [0.2, 0.25) is 5.02 Å². The highest BCUT2D eigenvalue weighted by Crippen LogP contribution is 2.35. The molecule has 0 saturated heterocycles. The van der Waals surface area contributed by atoms with Crippen molar-refractivity contribution < 1.29 is 9.59 Å². The molecule has 5 nitrogen and oxygen atoms in total. The normalized spacial score (nSPS) is 13.7. The molecule has 0 bridgehead atoms.